The number of nitrogens with zero attached hydrogens (tertiary/aromatic N) is 2. The van der Waals surface area contributed by atoms with Crippen molar-refractivity contribution in [3.05, 3.63) is 98.7 Å². The largest absolute Gasteiger partial charge is 0.489 e. The van der Waals surface area contributed by atoms with E-state index in [-0.39, 0.29) is 11.7 Å². The van der Waals surface area contributed by atoms with Crippen molar-refractivity contribution in [2.24, 2.45) is 0 Å². The van der Waals surface area contributed by atoms with Gasteiger partial charge in [-0.15, -0.1) is 11.3 Å². The molecule has 0 saturated carbocycles. The van der Waals surface area contributed by atoms with E-state index in [9.17, 15) is 9.18 Å². The highest BCUT2D eigenvalue weighted by atomic mass is 35.5. The minimum absolute atomic E-state index is 0.216. The summed E-state index contributed by atoms with van der Waals surface area (Å²) >= 11 is 7.42. The Morgan fingerprint density at radius 2 is 2.10 bits per heavy atom. The van der Waals surface area contributed by atoms with Gasteiger partial charge in [-0.05, 0) is 47.7 Å². The number of benzene rings is 2. The van der Waals surface area contributed by atoms with Crippen LogP contribution < -0.4 is 10.1 Å². The van der Waals surface area contributed by atoms with Crippen LogP contribution in [0.25, 0.3) is 0 Å². The first kappa shape index (κ1) is 21.1. The molecule has 4 rings (SSSR count). The van der Waals surface area contributed by atoms with E-state index in [1.54, 1.807) is 23.1 Å². The van der Waals surface area contributed by atoms with E-state index in [1.807, 2.05) is 42.6 Å². The number of hydrogen-bond donors (Lipinski definition) is 1. The Bertz CT molecular complexity index is 1220. The van der Waals surface area contributed by atoms with Crippen molar-refractivity contribution in [1.29, 1.82) is 0 Å². The molecule has 0 spiro atoms. The summed E-state index contributed by atoms with van der Waals surface area (Å²) in [4.78, 5) is 13.2. The summed E-state index contributed by atoms with van der Waals surface area (Å²) in [5, 5.41) is 9.31. The number of ether oxygens (including phenoxy) is 1. The molecule has 5 nitrogen and oxygen atoms in total. The maximum absolute atomic E-state index is 13.2. The molecule has 0 saturated heterocycles. The lowest BCUT2D eigenvalue weighted by Gasteiger charge is -2.07. The number of carbonyl (C=O) groups excluding carboxylic acids is 1. The highest BCUT2D eigenvalue weighted by Crippen LogP contribution is 2.22. The van der Waals surface area contributed by atoms with Crippen molar-refractivity contribution in [3.63, 3.8) is 0 Å². The van der Waals surface area contributed by atoms with Crippen LogP contribution in [0.2, 0.25) is 5.02 Å². The van der Waals surface area contributed by atoms with Crippen LogP contribution in [-0.4, -0.2) is 15.7 Å². The number of anilines is 1. The van der Waals surface area contributed by atoms with Crippen molar-refractivity contribution >= 4 is 34.5 Å². The number of carbonyl (C=O) groups is 1. The first-order valence-corrected chi connectivity index (χ1v) is 10.8. The molecule has 0 aliphatic carbocycles. The second-order valence-corrected chi connectivity index (χ2v) is 8.31. The first-order valence-electron chi connectivity index (χ1n) is 9.51. The van der Waals surface area contributed by atoms with Gasteiger partial charge in [-0.3, -0.25) is 9.48 Å². The fourth-order valence-corrected chi connectivity index (χ4v) is 4.00. The average Bonchev–Trinajstić information content (AvgIpc) is 3.39. The van der Waals surface area contributed by atoms with Gasteiger partial charge in [0.15, 0.2) is 0 Å². The molecule has 0 fully saturated rings. The van der Waals surface area contributed by atoms with Crippen LogP contribution in [0.15, 0.2) is 66.3 Å². The van der Waals surface area contributed by atoms with Gasteiger partial charge in [0.25, 0.3) is 5.91 Å². The number of aryl methyl sites for hydroxylation is 1. The number of thiophene rings is 1. The van der Waals surface area contributed by atoms with Gasteiger partial charge < -0.3 is 10.1 Å². The van der Waals surface area contributed by atoms with Gasteiger partial charge in [0.1, 0.15) is 18.2 Å². The second kappa shape index (κ2) is 9.32. The molecule has 2 aromatic carbocycles. The molecule has 31 heavy (non-hydrogen) atoms. The topological polar surface area (TPSA) is 56.1 Å². The van der Waals surface area contributed by atoms with Crippen LogP contribution in [0.4, 0.5) is 10.1 Å². The fraction of sp³-hybridized carbons (Fsp3) is 0.130. The molecule has 0 atom stereocenters. The SMILES string of the molecule is Cc1ccccc1OCc1csc(C(=O)Nc2cnn(Cc3ccc(F)cc3Cl)c2)c1. The number of hydrogen-bond acceptors (Lipinski definition) is 4. The third kappa shape index (κ3) is 5.31. The third-order valence-corrected chi connectivity index (χ3v) is 5.93. The Hall–Kier alpha value is -3.16. The van der Waals surface area contributed by atoms with Crippen LogP contribution in [0.5, 0.6) is 5.75 Å². The van der Waals surface area contributed by atoms with Gasteiger partial charge in [-0.2, -0.15) is 5.10 Å². The van der Waals surface area contributed by atoms with E-state index < -0.39 is 0 Å². The Morgan fingerprint density at radius 1 is 1.26 bits per heavy atom. The van der Waals surface area contributed by atoms with E-state index in [0.717, 1.165) is 22.4 Å². The lowest BCUT2D eigenvalue weighted by Crippen LogP contribution is -2.09. The van der Waals surface area contributed by atoms with Gasteiger partial charge in [-0.1, -0.05) is 35.9 Å². The highest BCUT2D eigenvalue weighted by molar-refractivity contribution is 7.12. The fourth-order valence-electron chi connectivity index (χ4n) is 2.98. The lowest BCUT2D eigenvalue weighted by molar-refractivity contribution is 0.103. The van der Waals surface area contributed by atoms with Crippen LogP contribution >= 0.6 is 22.9 Å². The lowest BCUT2D eigenvalue weighted by atomic mass is 10.2. The molecule has 4 aromatic rings. The van der Waals surface area contributed by atoms with E-state index in [1.165, 1.54) is 23.5 Å². The summed E-state index contributed by atoms with van der Waals surface area (Å²) in [5.41, 5.74) is 3.30. The Balaban J connectivity index is 1.35. The molecule has 1 amide bonds. The second-order valence-electron chi connectivity index (χ2n) is 6.99. The highest BCUT2D eigenvalue weighted by Gasteiger charge is 2.12. The van der Waals surface area contributed by atoms with E-state index in [4.69, 9.17) is 16.3 Å². The normalized spacial score (nSPS) is 10.8. The summed E-state index contributed by atoms with van der Waals surface area (Å²) in [6, 6.07) is 13.9. The standard InChI is InChI=1S/C23H19ClFN3O2S/c1-15-4-2-3-5-21(15)30-13-16-8-22(31-14-16)23(29)27-19-10-26-28(12-19)11-17-6-7-18(25)9-20(17)24/h2-10,12,14H,11,13H2,1H3,(H,27,29). The summed E-state index contributed by atoms with van der Waals surface area (Å²) in [6.07, 6.45) is 3.26. The summed E-state index contributed by atoms with van der Waals surface area (Å²) < 4.78 is 20.7. The van der Waals surface area contributed by atoms with Crippen molar-refractivity contribution in [1.82, 2.24) is 9.78 Å². The molecule has 158 valence electrons. The zero-order valence-electron chi connectivity index (χ0n) is 16.6. The van der Waals surface area contributed by atoms with Crippen molar-refractivity contribution < 1.29 is 13.9 Å². The number of aromatic nitrogens is 2. The minimum Gasteiger partial charge on any atom is -0.489 e. The molecule has 0 unspecified atom stereocenters. The molecule has 2 heterocycles. The van der Waals surface area contributed by atoms with E-state index in [2.05, 4.69) is 10.4 Å². The Morgan fingerprint density at radius 3 is 2.90 bits per heavy atom. The quantitative estimate of drug-likeness (QED) is 0.376. The van der Waals surface area contributed by atoms with E-state index >= 15 is 0 Å². The predicted molar refractivity (Wildman–Crippen MR) is 121 cm³/mol. The number of nitrogens with one attached hydrogen (secondary N) is 1. The Labute approximate surface area is 188 Å². The molecule has 0 radical (unpaired) electrons. The van der Waals surface area contributed by atoms with Crippen LogP contribution in [0.3, 0.4) is 0 Å². The minimum atomic E-state index is -0.387. The molecular formula is C23H19ClFN3O2S. The summed E-state index contributed by atoms with van der Waals surface area (Å²) in [7, 11) is 0. The number of halogens is 2. The summed E-state index contributed by atoms with van der Waals surface area (Å²) in [6.45, 7) is 2.76. The van der Waals surface area contributed by atoms with Crippen molar-refractivity contribution in [3.8, 4) is 5.75 Å². The van der Waals surface area contributed by atoms with Crippen molar-refractivity contribution in [2.45, 2.75) is 20.1 Å². The molecule has 0 aliphatic rings. The van der Waals surface area contributed by atoms with Crippen LogP contribution in [0, 0.1) is 12.7 Å². The monoisotopic (exact) mass is 455 g/mol. The van der Waals surface area contributed by atoms with Gasteiger partial charge in [-0.25, -0.2) is 4.39 Å². The van der Waals surface area contributed by atoms with Gasteiger partial charge in [0, 0.05) is 16.8 Å². The zero-order valence-corrected chi connectivity index (χ0v) is 18.2. The predicted octanol–water partition coefficient (Wildman–Crippen LogP) is 5.93. The maximum Gasteiger partial charge on any atom is 0.265 e. The molecule has 1 N–H and O–H groups in total. The number of para-hydroxylation sites is 1. The molecule has 0 bridgehead atoms. The van der Waals surface area contributed by atoms with Gasteiger partial charge in [0.2, 0.25) is 0 Å². The van der Waals surface area contributed by atoms with Crippen molar-refractivity contribution in [2.75, 3.05) is 5.32 Å². The van der Waals surface area contributed by atoms with Crippen LogP contribution in [-0.2, 0) is 13.2 Å². The number of amides is 1. The number of rotatable bonds is 7. The van der Waals surface area contributed by atoms with Crippen LogP contribution in [0.1, 0.15) is 26.4 Å². The average molecular weight is 456 g/mol. The molecular weight excluding hydrogens is 437 g/mol. The zero-order chi connectivity index (χ0) is 21.8. The summed E-state index contributed by atoms with van der Waals surface area (Å²) in [5.74, 6) is 0.224. The first-order chi connectivity index (χ1) is 15.0. The third-order valence-electron chi connectivity index (χ3n) is 4.60. The molecule has 0 aliphatic heterocycles. The molecule has 2 aromatic heterocycles. The van der Waals surface area contributed by atoms with E-state index in [0.29, 0.717) is 28.7 Å². The molecule has 8 heteroatoms. The smallest absolute Gasteiger partial charge is 0.265 e. The Kier molecular flexibility index (Phi) is 6.34. The maximum atomic E-state index is 13.2. The van der Waals surface area contributed by atoms with Gasteiger partial charge in [0.05, 0.1) is 23.3 Å². The van der Waals surface area contributed by atoms with Gasteiger partial charge >= 0.3 is 0 Å².